The number of hydrogen-bond donors (Lipinski definition) is 1. The number of nitrogens with one attached hydrogen (secondary N) is 1. The zero-order chi connectivity index (χ0) is 18.2. The lowest BCUT2D eigenvalue weighted by atomic mass is 10.2. The number of rotatable bonds is 3. The number of benzene rings is 1. The molecule has 0 bridgehead atoms. The smallest absolute Gasteiger partial charge is 0.410 e. The molecule has 8 heteroatoms. The van der Waals surface area contributed by atoms with Crippen LogP contribution in [0.15, 0.2) is 29.4 Å². The van der Waals surface area contributed by atoms with Gasteiger partial charge in [-0.05, 0) is 45.7 Å². The Morgan fingerprint density at radius 1 is 1.36 bits per heavy atom. The SMILES string of the molecule is CC(C)(C)OC(=O)N1CCC[C@H]1CS(=O)(=O)c1nc2ccccc2[nH]1. The average molecular weight is 365 g/mol. The van der Waals surface area contributed by atoms with Crippen molar-refractivity contribution in [1.29, 1.82) is 0 Å². The second kappa shape index (κ2) is 6.33. The highest BCUT2D eigenvalue weighted by Crippen LogP contribution is 2.24. The molecule has 0 radical (unpaired) electrons. The van der Waals surface area contributed by atoms with Crippen LogP contribution in [0.5, 0.6) is 0 Å². The van der Waals surface area contributed by atoms with E-state index in [4.69, 9.17) is 4.74 Å². The molecule has 0 aliphatic carbocycles. The molecule has 136 valence electrons. The minimum atomic E-state index is -3.63. The first kappa shape index (κ1) is 17.7. The molecule has 2 aromatic rings. The van der Waals surface area contributed by atoms with Gasteiger partial charge in [-0.1, -0.05) is 12.1 Å². The summed E-state index contributed by atoms with van der Waals surface area (Å²) < 4.78 is 30.9. The summed E-state index contributed by atoms with van der Waals surface area (Å²) in [6, 6.07) is 6.77. The number of nitrogens with zero attached hydrogens (tertiary/aromatic N) is 2. The van der Waals surface area contributed by atoms with Crippen molar-refractivity contribution in [3.05, 3.63) is 24.3 Å². The molecule has 1 atom stereocenters. The van der Waals surface area contributed by atoms with Gasteiger partial charge in [0, 0.05) is 12.6 Å². The number of amides is 1. The third-order valence-corrected chi connectivity index (χ3v) is 5.69. The number of aromatic amines is 1. The molecular weight excluding hydrogens is 342 g/mol. The standard InChI is InChI=1S/C17H23N3O4S/c1-17(2,3)24-16(21)20-10-6-7-12(20)11-25(22,23)15-18-13-8-4-5-9-14(13)19-15/h4-5,8-9,12H,6-7,10-11H2,1-3H3,(H,18,19)/t12-/m0/s1. The summed E-state index contributed by atoms with van der Waals surface area (Å²) in [6.07, 6.45) is 0.938. The predicted molar refractivity (Wildman–Crippen MR) is 94.1 cm³/mol. The summed E-state index contributed by atoms with van der Waals surface area (Å²) in [5, 5.41) is -0.0512. The molecule has 0 saturated carbocycles. The third-order valence-electron chi connectivity index (χ3n) is 4.08. The van der Waals surface area contributed by atoms with E-state index in [0.29, 0.717) is 24.0 Å². The van der Waals surface area contributed by atoms with Crippen molar-refractivity contribution in [2.24, 2.45) is 0 Å². The fraction of sp³-hybridized carbons (Fsp3) is 0.529. The lowest BCUT2D eigenvalue weighted by Gasteiger charge is -2.28. The molecule has 1 aromatic carbocycles. The van der Waals surface area contributed by atoms with E-state index in [1.54, 1.807) is 39.0 Å². The van der Waals surface area contributed by atoms with Crippen LogP contribution in [0, 0.1) is 0 Å². The van der Waals surface area contributed by atoms with E-state index in [9.17, 15) is 13.2 Å². The van der Waals surface area contributed by atoms with Gasteiger partial charge in [-0.3, -0.25) is 0 Å². The molecule has 25 heavy (non-hydrogen) atoms. The van der Waals surface area contributed by atoms with E-state index in [2.05, 4.69) is 9.97 Å². The van der Waals surface area contributed by atoms with Gasteiger partial charge in [0.15, 0.2) is 0 Å². The van der Waals surface area contributed by atoms with Crippen molar-refractivity contribution in [1.82, 2.24) is 14.9 Å². The van der Waals surface area contributed by atoms with Crippen molar-refractivity contribution in [2.75, 3.05) is 12.3 Å². The fourth-order valence-corrected chi connectivity index (χ4v) is 4.49. The molecular formula is C17H23N3O4S. The molecule has 1 saturated heterocycles. The van der Waals surface area contributed by atoms with E-state index in [0.717, 1.165) is 6.42 Å². The Hall–Kier alpha value is -2.09. The van der Waals surface area contributed by atoms with Crippen LogP contribution in [0.3, 0.4) is 0 Å². The first-order valence-electron chi connectivity index (χ1n) is 8.33. The number of fused-ring (bicyclic) bond motifs is 1. The largest absolute Gasteiger partial charge is 0.444 e. The molecule has 1 aromatic heterocycles. The molecule has 0 spiro atoms. The molecule has 1 N–H and O–H groups in total. The van der Waals surface area contributed by atoms with Crippen LogP contribution in [-0.4, -0.2) is 53.3 Å². The number of sulfone groups is 1. The second-order valence-electron chi connectivity index (χ2n) is 7.31. The van der Waals surface area contributed by atoms with Crippen molar-refractivity contribution in [2.45, 2.75) is 50.4 Å². The summed E-state index contributed by atoms with van der Waals surface area (Å²) >= 11 is 0. The summed E-state index contributed by atoms with van der Waals surface area (Å²) in [5.41, 5.74) is 0.676. The molecule has 1 aliphatic rings. The first-order valence-corrected chi connectivity index (χ1v) is 9.98. The van der Waals surface area contributed by atoms with E-state index >= 15 is 0 Å². The molecule has 7 nitrogen and oxygen atoms in total. The first-order chi connectivity index (χ1) is 11.7. The molecule has 0 unspecified atom stereocenters. The number of aromatic nitrogens is 2. The van der Waals surface area contributed by atoms with Crippen molar-refractivity contribution < 1.29 is 17.9 Å². The molecule has 2 heterocycles. The minimum Gasteiger partial charge on any atom is -0.444 e. The maximum absolute atomic E-state index is 12.7. The number of likely N-dealkylation sites (tertiary alicyclic amines) is 1. The average Bonchev–Trinajstić information content (AvgIpc) is 3.11. The highest BCUT2D eigenvalue weighted by atomic mass is 32.2. The Bertz CT molecular complexity index is 850. The third kappa shape index (κ3) is 3.95. The zero-order valence-electron chi connectivity index (χ0n) is 14.7. The monoisotopic (exact) mass is 365 g/mol. The lowest BCUT2D eigenvalue weighted by molar-refractivity contribution is 0.0241. The van der Waals surface area contributed by atoms with Crippen LogP contribution in [0.1, 0.15) is 33.6 Å². The number of ether oxygens (including phenoxy) is 1. The Labute approximate surface area is 147 Å². The molecule has 3 rings (SSSR count). The number of hydrogen-bond acceptors (Lipinski definition) is 5. The summed E-state index contributed by atoms with van der Waals surface area (Å²) in [4.78, 5) is 20.9. The van der Waals surface area contributed by atoms with Gasteiger partial charge in [-0.2, -0.15) is 0 Å². The van der Waals surface area contributed by atoms with Crippen molar-refractivity contribution >= 4 is 27.0 Å². The highest BCUT2D eigenvalue weighted by molar-refractivity contribution is 7.91. The fourth-order valence-electron chi connectivity index (χ4n) is 2.98. The minimum absolute atomic E-state index is 0.0512. The lowest BCUT2D eigenvalue weighted by Crippen LogP contribution is -2.42. The summed E-state index contributed by atoms with van der Waals surface area (Å²) in [7, 11) is -3.63. The van der Waals surface area contributed by atoms with E-state index < -0.39 is 27.6 Å². The second-order valence-corrected chi connectivity index (χ2v) is 9.26. The van der Waals surface area contributed by atoms with E-state index in [1.807, 2.05) is 6.07 Å². The van der Waals surface area contributed by atoms with Crippen LogP contribution in [0.2, 0.25) is 0 Å². The number of para-hydroxylation sites is 2. The van der Waals surface area contributed by atoms with Gasteiger partial charge in [0.2, 0.25) is 15.0 Å². The maximum atomic E-state index is 12.7. The quantitative estimate of drug-likeness (QED) is 0.903. The van der Waals surface area contributed by atoms with E-state index in [1.165, 1.54) is 4.90 Å². The van der Waals surface area contributed by atoms with Gasteiger partial charge in [0.25, 0.3) is 0 Å². The maximum Gasteiger partial charge on any atom is 0.410 e. The van der Waals surface area contributed by atoms with Crippen molar-refractivity contribution in [3.63, 3.8) is 0 Å². The van der Waals surface area contributed by atoms with E-state index in [-0.39, 0.29) is 10.9 Å². The Kier molecular flexibility index (Phi) is 4.49. The zero-order valence-corrected chi connectivity index (χ0v) is 15.5. The number of imidazole rings is 1. The Morgan fingerprint density at radius 2 is 2.08 bits per heavy atom. The van der Waals surface area contributed by atoms with Gasteiger partial charge < -0.3 is 14.6 Å². The Morgan fingerprint density at radius 3 is 2.76 bits per heavy atom. The van der Waals surface area contributed by atoms with Gasteiger partial charge in [0.1, 0.15) is 5.60 Å². The predicted octanol–water partition coefficient (Wildman–Crippen LogP) is 2.74. The Balaban J connectivity index is 1.78. The topological polar surface area (TPSA) is 92.4 Å². The van der Waals surface area contributed by atoms with Crippen LogP contribution >= 0.6 is 0 Å². The van der Waals surface area contributed by atoms with Gasteiger partial charge >= 0.3 is 6.09 Å². The molecule has 1 fully saturated rings. The van der Waals surface area contributed by atoms with Crippen LogP contribution < -0.4 is 0 Å². The summed E-state index contributed by atoms with van der Waals surface area (Å²) in [6.45, 7) is 5.89. The normalized spacial score (nSPS) is 18.7. The molecule has 1 amide bonds. The van der Waals surface area contributed by atoms with Crippen LogP contribution in [-0.2, 0) is 14.6 Å². The number of carbonyl (C=O) groups is 1. The van der Waals surface area contributed by atoms with Crippen LogP contribution in [0.4, 0.5) is 4.79 Å². The van der Waals surface area contributed by atoms with Gasteiger partial charge in [-0.25, -0.2) is 18.2 Å². The number of carbonyl (C=O) groups excluding carboxylic acids is 1. The highest BCUT2D eigenvalue weighted by Gasteiger charge is 2.36. The van der Waals surface area contributed by atoms with Crippen LogP contribution in [0.25, 0.3) is 11.0 Å². The molecule has 1 aliphatic heterocycles. The van der Waals surface area contributed by atoms with Gasteiger partial charge in [0.05, 0.1) is 16.8 Å². The summed E-state index contributed by atoms with van der Waals surface area (Å²) in [5.74, 6) is -0.161. The van der Waals surface area contributed by atoms with Crippen molar-refractivity contribution in [3.8, 4) is 0 Å². The van der Waals surface area contributed by atoms with Gasteiger partial charge in [-0.15, -0.1) is 0 Å². The number of H-pyrrole nitrogens is 1.